The Morgan fingerprint density at radius 3 is 2.70 bits per heavy atom. The van der Waals surface area contributed by atoms with Gasteiger partial charge in [0.05, 0.1) is 28.5 Å². The van der Waals surface area contributed by atoms with Crippen LogP contribution in [0.1, 0.15) is 16.1 Å². The van der Waals surface area contributed by atoms with Gasteiger partial charge in [-0.3, -0.25) is 24.4 Å². The number of nitrogens with two attached hydrogens (primary N) is 1. The number of rotatable bonds is 7. The van der Waals surface area contributed by atoms with E-state index >= 15 is 0 Å². The van der Waals surface area contributed by atoms with Gasteiger partial charge in [0.15, 0.2) is 5.69 Å². The Hall–Kier alpha value is -3.99. The van der Waals surface area contributed by atoms with E-state index < -0.39 is 23.6 Å². The van der Waals surface area contributed by atoms with Gasteiger partial charge in [0.25, 0.3) is 11.8 Å². The number of nitrogens with one attached hydrogen (secondary N) is 2. The molecule has 1 atom stereocenters. The van der Waals surface area contributed by atoms with Crippen LogP contribution in [0.4, 0.5) is 0 Å². The van der Waals surface area contributed by atoms with Gasteiger partial charge >= 0.3 is 0 Å². The van der Waals surface area contributed by atoms with Gasteiger partial charge in [-0.05, 0) is 29.8 Å². The number of primary amides is 1. The molecule has 0 aliphatic rings. The van der Waals surface area contributed by atoms with Gasteiger partial charge in [-0.1, -0.05) is 6.07 Å². The van der Waals surface area contributed by atoms with Gasteiger partial charge in [0, 0.05) is 25.0 Å². The summed E-state index contributed by atoms with van der Waals surface area (Å²) in [5.41, 5.74) is 8.03. The second-order valence-corrected chi connectivity index (χ2v) is 6.88. The first-order valence-corrected chi connectivity index (χ1v) is 9.57. The molecule has 10 nitrogen and oxygen atoms in total. The maximum absolute atomic E-state index is 12.9. The number of ketones is 1. The average Bonchev–Trinajstić information content (AvgIpc) is 3.41. The normalized spacial score (nSPS) is 11.9. The number of nitrogens with zero attached hydrogens (tertiary/aromatic N) is 4. The number of Topliss-reactive ketones (excluding diaryl/α,β-unsaturated/α-hetero) is 1. The second-order valence-electron chi connectivity index (χ2n) is 6.35. The maximum Gasteiger partial charge on any atom is 0.287 e. The molecule has 0 aliphatic carbocycles. The van der Waals surface area contributed by atoms with E-state index in [1.54, 1.807) is 42.9 Å². The maximum atomic E-state index is 12.9. The summed E-state index contributed by atoms with van der Waals surface area (Å²) < 4.78 is 8.16. The molecule has 30 heavy (non-hydrogen) atoms. The molecule has 0 saturated heterocycles. The van der Waals surface area contributed by atoms with E-state index in [9.17, 15) is 14.4 Å². The minimum atomic E-state index is -1.19. The third-order valence-electron chi connectivity index (χ3n) is 4.41. The molecular formula is C19H15N7O3S. The number of aromatic amines is 1. The van der Waals surface area contributed by atoms with Crippen LogP contribution < -0.4 is 11.1 Å². The molecule has 4 aromatic heterocycles. The molecule has 4 aromatic rings. The van der Waals surface area contributed by atoms with Crippen molar-refractivity contribution in [3.05, 3.63) is 60.2 Å². The second kappa shape index (κ2) is 8.17. The number of pyridine rings is 2. The van der Waals surface area contributed by atoms with E-state index in [0.29, 0.717) is 16.8 Å². The van der Waals surface area contributed by atoms with Crippen molar-refractivity contribution >= 4 is 40.4 Å². The van der Waals surface area contributed by atoms with Crippen LogP contribution in [0.2, 0.25) is 0 Å². The van der Waals surface area contributed by atoms with Crippen LogP contribution in [-0.4, -0.2) is 47.3 Å². The summed E-state index contributed by atoms with van der Waals surface area (Å²) in [6.07, 6.45) is 4.89. The monoisotopic (exact) mass is 421 g/mol. The van der Waals surface area contributed by atoms with Crippen LogP contribution in [0.15, 0.2) is 48.9 Å². The minimum Gasteiger partial charge on any atom is -0.363 e. The summed E-state index contributed by atoms with van der Waals surface area (Å²) in [6, 6.07) is 7.60. The predicted molar refractivity (Wildman–Crippen MR) is 108 cm³/mol. The van der Waals surface area contributed by atoms with Gasteiger partial charge in [-0.2, -0.15) is 8.75 Å². The largest absolute Gasteiger partial charge is 0.363 e. The highest BCUT2D eigenvalue weighted by Gasteiger charge is 2.29. The number of aromatic nitrogens is 5. The van der Waals surface area contributed by atoms with Crippen molar-refractivity contribution in [2.75, 3.05) is 0 Å². The number of H-pyrrole nitrogens is 1. The Balaban J connectivity index is 1.62. The van der Waals surface area contributed by atoms with Crippen LogP contribution >= 0.6 is 11.7 Å². The van der Waals surface area contributed by atoms with Crippen molar-refractivity contribution in [2.24, 2.45) is 5.73 Å². The van der Waals surface area contributed by atoms with Crippen LogP contribution in [-0.2, 0) is 16.0 Å². The summed E-state index contributed by atoms with van der Waals surface area (Å²) >= 11 is 0.846. The molecule has 0 fully saturated rings. The predicted octanol–water partition coefficient (Wildman–Crippen LogP) is 0.872. The molecule has 1 unspecified atom stereocenters. The van der Waals surface area contributed by atoms with E-state index in [1.807, 2.05) is 6.07 Å². The first-order valence-electron chi connectivity index (χ1n) is 8.84. The lowest BCUT2D eigenvalue weighted by atomic mass is 10.0. The van der Waals surface area contributed by atoms with E-state index in [0.717, 1.165) is 17.2 Å². The fourth-order valence-corrected chi connectivity index (χ4v) is 3.56. The molecular weight excluding hydrogens is 406 g/mol. The molecule has 0 spiro atoms. The zero-order valence-electron chi connectivity index (χ0n) is 15.4. The van der Waals surface area contributed by atoms with Gasteiger partial charge in [0.1, 0.15) is 11.7 Å². The van der Waals surface area contributed by atoms with Crippen LogP contribution in [0.25, 0.3) is 22.4 Å². The topological polar surface area (TPSA) is 157 Å². The van der Waals surface area contributed by atoms with E-state index in [1.165, 1.54) is 0 Å². The van der Waals surface area contributed by atoms with E-state index in [4.69, 9.17) is 5.73 Å². The van der Waals surface area contributed by atoms with Crippen LogP contribution in [0, 0.1) is 0 Å². The smallest absolute Gasteiger partial charge is 0.287 e. The minimum absolute atomic E-state index is 0.0121. The Kier molecular flexibility index (Phi) is 5.26. The molecule has 2 amide bonds. The number of carbonyl (C=O) groups is 3. The van der Waals surface area contributed by atoms with Gasteiger partial charge in [-0.25, -0.2) is 0 Å². The zero-order valence-corrected chi connectivity index (χ0v) is 16.2. The lowest BCUT2D eigenvalue weighted by molar-refractivity contribution is -0.137. The summed E-state index contributed by atoms with van der Waals surface area (Å²) in [4.78, 5) is 48.3. The standard InChI is InChI=1S/C19H15N7O3S/c20-18(28)17(27)13(8-10-9-23-11-5-3-7-22-14(10)11)24-19(29)16-15(25-30-26-16)12-4-1-2-6-21-12/h1-7,9,13,23H,8H2,(H2,20,28)(H,24,29). The highest BCUT2D eigenvalue weighted by molar-refractivity contribution is 6.99. The van der Waals surface area contributed by atoms with Crippen molar-refractivity contribution in [3.63, 3.8) is 0 Å². The molecule has 0 radical (unpaired) electrons. The Morgan fingerprint density at radius 1 is 1.10 bits per heavy atom. The Labute approximate surface area is 173 Å². The fraction of sp³-hybridized carbons (Fsp3) is 0.105. The fourth-order valence-electron chi connectivity index (χ4n) is 3.00. The highest BCUT2D eigenvalue weighted by Crippen LogP contribution is 2.20. The van der Waals surface area contributed by atoms with Gasteiger partial charge < -0.3 is 16.0 Å². The van der Waals surface area contributed by atoms with E-state index in [2.05, 4.69) is 29.0 Å². The number of hydrogen-bond donors (Lipinski definition) is 3. The van der Waals surface area contributed by atoms with Gasteiger partial charge in [0.2, 0.25) is 5.78 Å². The van der Waals surface area contributed by atoms with Crippen molar-refractivity contribution in [1.29, 1.82) is 0 Å². The third-order valence-corrected chi connectivity index (χ3v) is 4.94. The molecule has 11 heteroatoms. The third kappa shape index (κ3) is 3.78. The first-order chi connectivity index (χ1) is 14.5. The molecule has 4 rings (SSSR count). The first kappa shape index (κ1) is 19.3. The summed E-state index contributed by atoms with van der Waals surface area (Å²) in [6.45, 7) is 0. The number of fused-ring (bicyclic) bond motifs is 1. The van der Waals surface area contributed by atoms with Crippen LogP contribution in [0.5, 0.6) is 0 Å². The zero-order chi connectivity index (χ0) is 21.1. The number of amides is 2. The molecule has 0 saturated carbocycles. The molecule has 0 aromatic carbocycles. The Morgan fingerprint density at radius 2 is 1.93 bits per heavy atom. The lowest BCUT2D eigenvalue weighted by Gasteiger charge is -2.15. The molecule has 4 heterocycles. The van der Waals surface area contributed by atoms with Crippen molar-refractivity contribution in [1.82, 2.24) is 29.0 Å². The van der Waals surface area contributed by atoms with Crippen molar-refractivity contribution < 1.29 is 14.4 Å². The van der Waals surface area contributed by atoms with Crippen molar-refractivity contribution in [2.45, 2.75) is 12.5 Å². The van der Waals surface area contributed by atoms with Gasteiger partial charge in [-0.15, -0.1) is 0 Å². The molecule has 0 bridgehead atoms. The lowest BCUT2D eigenvalue weighted by Crippen LogP contribution is -2.47. The summed E-state index contributed by atoms with van der Waals surface area (Å²) in [7, 11) is 0. The van der Waals surface area contributed by atoms with Crippen LogP contribution in [0.3, 0.4) is 0 Å². The average molecular weight is 421 g/mol. The SMILES string of the molecule is NC(=O)C(=O)C(Cc1c[nH]c2cccnc12)NC(=O)c1nsnc1-c1ccccn1. The summed E-state index contributed by atoms with van der Waals surface area (Å²) in [5, 5.41) is 2.56. The summed E-state index contributed by atoms with van der Waals surface area (Å²) in [5.74, 6) is -2.72. The van der Waals surface area contributed by atoms with Crippen molar-refractivity contribution in [3.8, 4) is 11.4 Å². The number of carbonyl (C=O) groups excluding carboxylic acids is 3. The molecule has 150 valence electrons. The highest BCUT2D eigenvalue weighted by atomic mass is 32.1. The van der Waals surface area contributed by atoms with E-state index in [-0.39, 0.29) is 17.8 Å². The molecule has 0 aliphatic heterocycles. The Bertz CT molecular complexity index is 1240. The molecule has 4 N–H and O–H groups in total. The quantitative estimate of drug-likeness (QED) is 0.374. The number of hydrogen-bond acceptors (Lipinski definition) is 8.